The first-order valence-electron chi connectivity index (χ1n) is 8.30. The van der Waals surface area contributed by atoms with E-state index >= 15 is 0 Å². The molecule has 2 aromatic carbocycles. The van der Waals surface area contributed by atoms with E-state index in [-0.39, 0.29) is 6.03 Å². The number of urea groups is 1. The molecule has 0 aliphatic rings. The van der Waals surface area contributed by atoms with Gasteiger partial charge < -0.3 is 15.4 Å². The van der Waals surface area contributed by atoms with Crippen molar-refractivity contribution in [1.29, 1.82) is 0 Å². The number of hydrogen-bond acceptors (Lipinski definition) is 2. The summed E-state index contributed by atoms with van der Waals surface area (Å²) in [6.07, 6.45) is 0. The minimum Gasteiger partial charge on any atom is -0.491 e. The van der Waals surface area contributed by atoms with E-state index in [0.29, 0.717) is 19.1 Å². The summed E-state index contributed by atoms with van der Waals surface area (Å²) in [5.41, 5.74) is 4.29. The first kappa shape index (κ1) is 17.9. The Morgan fingerprint density at radius 1 is 1.08 bits per heavy atom. The van der Waals surface area contributed by atoms with Crippen molar-refractivity contribution in [3.05, 3.63) is 59.2 Å². The monoisotopic (exact) mass is 326 g/mol. The van der Waals surface area contributed by atoms with Crippen LogP contribution >= 0.6 is 0 Å². The molecule has 2 N–H and O–H groups in total. The highest BCUT2D eigenvalue weighted by Crippen LogP contribution is 2.19. The van der Waals surface area contributed by atoms with Gasteiger partial charge in [-0.2, -0.15) is 0 Å². The van der Waals surface area contributed by atoms with Crippen molar-refractivity contribution in [3.8, 4) is 5.75 Å². The van der Waals surface area contributed by atoms with Gasteiger partial charge in [-0.1, -0.05) is 38.1 Å². The van der Waals surface area contributed by atoms with Crippen LogP contribution in [0.5, 0.6) is 5.75 Å². The molecule has 0 heterocycles. The summed E-state index contributed by atoms with van der Waals surface area (Å²) in [6, 6.07) is 13.8. The van der Waals surface area contributed by atoms with Crippen LogP contribution in [0.1, 0.15) is 36.5 Å². The number of carbonyl (C=O) groups excluding carboxylic acids is 1. The van der Waals surface area contributed by atoms with Crippen LogP contribution < -0.4 is 15.4 Å². The average Bonchev–Trinajstić information content (AvgIpc) is 2.55. The molecule has 0 aliphatic heterocycles. The topological polar surface area (TPSA) is 50.4 Å². The molecule has 2 rings (SSSR count). The van der Waals surface area contributed by atoms with Crippen LogP contribution in [0, 0.1) is 13.8 Å². The summed E-state index contributed by atoms with van der Waals surface area (Å²) in [6.45, 7) is 9.21. The SMILES string of the molecule is Cc1ccc(C)c(OCCNC(=O)Nc2ccc(C(C)C)cc2)c1. The highest BCUT2D eigenvalue weighted by atomic mass is 16.5. The number of carbonyl (C=O) groups is 1. The molecule has 2 aromatic rings. The molecule has 0 atom stereocenters. The summed E-state index contributed by atoms with van der Waals surface area (Å²) in [5, 5.41) is 5.62. The van der Waals surface area contributed by atoms with Crippen molar-refractivity contribution >= 4 is 11.7 Å². The predicted molar refractivity (Wildman–Crippen MR) is 99.0 cm³/mol. The van der Waals surface area contributed by atoms with Gasteiger partial charge in [0.25, 0.3) is 0 Å². The molecule has 128 valence electrons. The molecule has 0 unspecified atom stereocenters. The van der Waals surface area contributed by atoms with Crippen molar-refractivity contribution in [2.45, 2.75) is 33.6 Å². The number of aryl methyl sites for hydroxylation is 2. The molecule has 4 heteroatoms. The Labute approximate surface area is 144 Å². The zero-order chi connectivity index (χ0) is 17.5. The van der Waals surface area contributed by atoms with E-state index in [1.54, 1.807) is 0 Å². The Morgan fingerprint density at radius 2 is 1.79 bits per heavy atom. The zero-order valence-electron chi connectivity index (χ0n) is 14.8. The molecular weight excluding hydrogens is 300 g/mol. The maximum absolute atomic E-state index is 11.9. The summed E-state index contributed by atoms with van der Waals surface area (Å²) in [5.74, 6) is 1.34. The fourth-order valence-electron chi connectivity index (χ4n) is 2.32. The maximum Gasteiger partial charge on any atom is 0.319 e. The van der Waals surface area contributed by atoms with Crippen LogP contribution in [0.2, 0.25) is 0 Å². The van der Waals surface area contributed by atoms with Crippen LogP contribution in [0.4, 0.5) is 10.5 Å². The lowest BCUT2D eigenvalue weighted by molar-refractivity contribution is 0.247. The second-order valence-corrected chi connectivity index (χ2v) is 6.28. The van der Waals surface area contributed by atoms with E-state index < -0.39 is 0 Å². The average molecular weight is 326 g/mol. The largest absolute Gasteiger partial charge is 0.491 e. The predicted octanol–water partition coefficient (Wildman–Crippen LogP) is 4.63. The van der Waals surface area contributed by atoms with Gasteiger partial charge in [-0.05, 0) is 54.7 Å². The standard InChI is InChI=1S/C20H26N2O2/c1-14(2)17-7-9-18(10-8-17)22-20(23)21-11-12-24-19-13-15(3)5-6-16(19)4/h5-10,13-14H,11-12H2,1-4H3,(H2,21,22,23). The molecule has 4 nitrogen and oxygen atoms in total. The van der Waals surface area contributed by atoms with E-state index in [4.69, 9.17) is 4.74 Å². The lowest BCUT2D eigenvalue weighted by Crippen LogP contribution is -2.32. The summed E-state index contributed by atoms with van der Waals surface area (Å²) < 4.78 is 5.72. The second kappa shape index (κ2) is 8.39. The molecule has 0 saturated carbocycles. The third-order valence-electron chi connectivity index (χ3n) is 3.82. The van der Waals surface area contributed by atoms with E-state index in [1.165, 1.54) is 5.56 Å². The first-order valence-corrected chi connectivity index (χ1v) is 8.30. The van der Waals surface area contributed by atoms with Gasteiger partial charge in [0.2, 0.25) is 0 Å². The summed E-state index contributed by atoms with van der Waals surface area (Å²) >= 11 is 0. The number of benzene rings is 2. The van der Waals surface area contributed by atoms with Crippen LogP contribution in [0.3, 0.4) is 0 Å². The molecule has 0 bridgehead atoms. The number of ether oxygens (including phenoxy) is 1. The smallest absolute Gasteiger partial charge is 0.319 e. The number of anilines is 1. The lowest BCUT2D eigenvalue weighted by atomic mass is 10.0. The maximum atomic E-state index is 11.9. The summed E-state index contributed by atoms with van der Waals surface area (Å²) in [7, 11) is 0. The molecule has 0 spiro atoms. The van der Waals surface area contributed by atoms with Crippen LogP contribution in [-0.2, 0) is 0 Å². The number of amides is 2. The molecule has 0 fully saturated rings. The van der Waals surface area contributed by atoms with E-state index in [9.17, 15) is 4.79 Å². The van der Waals surface area contributed by atoms with Crippen LogP contribution in [-0.4, -0.2) is 19.2 Å². The number of rotatable bonds is 6. The van der Waals surface area contributed by atoms with Crippen molar-refractivity contribution in [2.24, 2.45) is 0 Å². The Hall–Kier alpha value is -2.49. The van der Waals surface area contributed by atoms with Gasteiger partial charge in [0.15, 0.2) is 0 Å². The highest BCUT2D eigenvalue weighted by Gasteiger charge is 2.04. The molecular formula is C20H26N2O2. The Bertz CT molecular complexity index is 679. The third kappa shape index (κ3) is 5.30. The fourth-order valence-corrected chi connectivity index (χ4v) is 2.32. The van der Waals surface area contributed by atoms with Gasteiger partial charge in [0.05, 0.1) is 6.54 Å². The van der Waals surface area contributed by atoms with E-state index in [2.05, 4.69) is 30.5 Å². The minimum absolute atomic E-state index is 0.225. The van der Waals surface area contributed by atoms with Crippen molar-refractivity contribution < 1.29 is 9.53 Å². The lowest BCUT2D eigenvalue weighted by Gasteiger charge is -2.12. The van der Waals surface area contributed by atoms with Crippen LogP contribution in [0.25, 0.3) is 0 Å². The molecule has 0 radical (unpaired) electrons. The van der Waals surface area contributed by atoms with Crippen molar-refractivity contribution in [3.63, 3.8) is 0 Å². The molecule has 0 saturated heterocycles. The van der Waals surface area contributed by atoms with E-state index in [1.807, 2.05) is 50.2 Å². The minimum atomic E-state index is -0.225. The number of hydrogen-bond donors (Lipinski definition) is 2. The Morgan fingerprint density at radius 3 is 2.46 bits per heavy atom. The van der Waals surface area contributed by atoms with Gasteiger partial charge in [0.1, 0.15) is 12.4 Å². The molecule has 2 amide bonds. The zero-order valence-corrected chi connectivity index (χ0v) is 14.8. The first-order chi connectivity index (χ1) is 11.5. The van der Waals surface area contributed by atoms with Gasteiger partial charge in [-0.15, -0.1) is 0 Å². The molecule has 24 heavy (non-hydrogen) atoms. The van der Waals surface area contributed by atoms with Gasteiger partial charge in [-0.25, -0.2) is 4.79 Å². The second-order valence-electron chi connectivity index (χ2n) is 6.28. The van der Waals surface area contributed by atoms with E-state index in [0.717, 1.165) is 22.6 Å². The normalized spacial score (nSPS) is 10.5. The highest BCUT2D eigenvalue weighted by molar-refractivity contribution is 5.89. The molecule has 0 aromatic heterocycles. The Balaban J connectivity index is 1.74. The van der Waals surface area contributed by atoms with Crippen molar-refractivity contribution in [2.75, 3.05) is 18.5 Å². The number of nitrogens with one attached hydrogen (secondary N) is 2. The van der Waals surface area contributed by atoms with Gasteiger partial charge >= 0.3 is 6.03 Å². The quantitative estimate of drug-likeness (QED) is 0.761. The van der Waals surface area contributed by atoms with Gasteiger partial charge in [-0.3, -0.25) is 0 Å². The van der Waals surface area contributed by atoms with Gasteiger partial charge in [0, 0.05) is 5.69 Å². The Kier molecular flexibility index (Phi) is 6.24. The molecule has 0 aliphatic carbocycles. The third-order valence-corrected chi connectivity index (χ3v) is 3.82. The summed E-state index contributed by atoms with van der Waals surface area (Å²) in [4.78, 5) is 11.9. The fraction of sp³-hybridized carbons (Fsp3) is 0.350. The van der Waals surface area contributed by atoms with Crippen molar-refractivity contribution in [1.82, 2.24) is 5.32 Å². The van der Waals surface area contributed by atoms with Crippen LogP contribution in [0.15, 0.2) is 42.5 Å².